The Labute approximate surface area is 163 Å². The summed E-state index contributed by atoms with van der Waals surface area (Å²) < 4.78 is 1.21. The highest BCUT2D eigenvalue weighted by molar-refractivity contribution is 5.87. The van der Waals surface area contributed by atoms with Crippen LogP contribution in [0.3, 0.4) is 0 Å². The summed E-state index contributed by atoms with van der Waals surface area (Å²) >= 11 is 0. The molecule has 0 amide bonds. The number of benzene rings is 2. The highest BCUT2D eigenvalue weighted by Gasteiger charge is 2.18. The molecule has 3 rings (SSSR count). The third kappa shape index (κ3) is 3.86. The van der Waals surface area contributed by atoms with Crippen molar-refractivity contribution in [3.63, 3.8) is 0 Å². The molecule has 0 atom stereocenters. The molecule has 0 saturated heterocycles. The Kier molecular flexibility index (Phi) is 5.71. The zero-order chi connectivity index (χ0) is 20.1. The number of aryl methyl sites for hydroxylation is 1. The quantitative estimate of drug-likeness (QED) is 0.686. The van der Waals surface area contributed by atoms with E-state index in [4.69, 9.17) is 0 Å². The lowest BCUT2D eigenvalue weighted by Gasteiger charge is -2.14. The lowest BCUT2D eigenvalue weighted by atomic mass is 10.1. The molecule has 5 nitrogen and oxygen atoms in total. The molecule has 0 fully saturated rings. The third-order valence-corrected chi connectivity index (χ3v) is 4.72. The molecule has 2 aromatic carbocycles. The van der Waals surface area contributed by atoms with Crippen molar-refractivity contribution in [2.24, 2.45) is 4.99 Å². The van der Waals surface area contributed by atoms with Crippen molar-refractivity contribution in [1.29, 1.82) is 5.26 Å². The zero-order valence-electron chi connectivity index (χ0n) is 15.9. The lowest BCUT2D eigenvalue weighted by Crippen LogP contribution is -2.25. The van der Waals surface area contributed by atoms with Crippen LogP contribution in [0.5, 0.6) is 5.88 Å². The number of hydrogen-bond acceptors (Lipinski definition) is 4. The summed E-state index contributed by atoms with van der Waals surface area (Å²) in [5.74, 6) is -0.195. The van der Waals surface area contributed by atoms with Gasteiger partial charge in [0.25, 0.3) is 5.56 Å². The van der Waals surface area contributed by atoms with Gasteiger partial charge in [0.1, 0.15) is 11.6 Å². The van der Waals surface area contributed by atoms with Crippen molar-refractivity contribution in [3.05, 3.63) is 92.8 Å². The predicted octanol–water partition coefficient (Wildman–Crippen LogP) is 4.10. The van der Waals surface area contributed by atoms with E-state index in [1.165, 1.54) is 16.3 Å². The fourth-order valence-corrected chi connectivity index (χ4v) is 3.00. The first kappa shape index (κ1) is 19.1. The van der Waals surface area contributed by atoms with E-state index < -0.39 is 5.56 Å². The van der Waals surface area contributed by atoms with Crippen LogP contribution in [-0.2, 0) is 13.0 Å². The molecule has 0 aliphatic carbocycles. The van der Waals surface area contributed by atoms with Crippen LogP contribution in [0.2, 0.25) is 0 Å². The second-order valence-electron chi connectivity index (χ2n) is 6.50. The van der Waals surface area contributed by atoms with Gasteiger partial charge >= 0.3 is 0 Å². The molecular formula is C23H21N3O2. The maximum Gasteiger partial charge on any atom is 0.271 e. The minimum Gasteiger partial charge on any atom is -0.494 e. The SMILES string of the molecule is CCc1ccc(N=Cc2c(C)c(C#N)c(=O)n(Cc3ccccc3)c2O)cc1. The molecule has 0 radical (unpaired) electrons. The van der Waals surface area contributed by atoms with E-state index in [0.29, 0.717) is 11.1 Å². The molecule has 0 spiro atoms. The summed E-state index contributed by atoms with van der Waals surface area (Å²) in [6.07, 6.45) is 2.45. The Hall–Kier alpha value is -3.65. The van der Waals surface area contributed by atoms with Gasteiger partial charge in [-0.15, -0.1) is 0 Å². The predicted molar refractivity (Wildman–Crippen MR) is 110 cm³/mol. The topological polar surface area (TPSA) is 78.4 Å². The van der Waals surface area contributed by atoms with Crippen molar-refractivity contribution >= 4 is 11.9 Å². The van der Waals surface area contributed by atoms with E-state index in [1.807, 2.05) is 60.7 Å². The van der Waals surface area contributed by atoms with E-state index in [-0.39, 0.29) is 18.0 Å². The van der Waals surface area contributed by atoms with Gasteiger partial charge in [-0.1, -0.05) is 49.4 Å². The number of nitriles is 1. The molecule has 5 heteroatoms. The lowest BCUT2D eigenvalue weighted by molar-refractivity contribution is 0.413. The maximum atomic E-state index is 12.7. The summed E-state index contributed by atoms with van der Waals surface area (Å²) in [4.78, 5) is 17.1. The summed E-state index contributed by atoms with van der Waals surface area (Å²) in [5, 5.41) is 20.2. The van der Waals surface area contributed by atoms with E-state index in [0.717, 1.165) is 17.7 Å². The Morgan fingerprint density at radius 3 is 2.39 bits per heavy atom. The molecule has 140 valence electrons. The van der Waals surface area contributed by atoms with Gasteiger partial charge in [0.15, 0.2) is 0 Å². The average molecular weight is 371 g/mol. The summed E-state index contributed by atoms with van der Waals surface area (Å²) in [5.41, 5.74) is 3.08. The molecule has 0 aliphatic rings. The smallest absolute Gasteiger partial charge is 0.271 e. The normalized spacial score (nSPS) is 10.9. The third-order valence-electron chi connectivity index (χ3n) is 4.72. The standard InChI is InChI=1S/C23H21N3O2/c1-3-17-9-11-19(12-10-17)25-14-21-16(2)20(13-24)22(27)26(23(21)28)15-18-7-5-4-6-8-18/h4-12,14,28H,3,15H2,1-2H3. The van der Waals surface area contributed by atoms with Crippen LogP contribution in [-0.4, -0.2) is 15.9 Å². The minimum atomic E-state index is -0.509. The number of aromatic nitrogens is 1. The van der Waals surface area contributed by atoms with Crippen LogP contribution >= 0.6 is 0 Å². The molecule has 1 N–H and O–H groups in total. The highest BCUT2D eigenvalue weighted by Crippen LogP contribution is 2.22. The molecule has 0 aliphatic heterocycles. The Morgan fingerprint density at radius 1 is 1.11 bits per heavy atom. The van der Waals surface area contributed by atoms with Gasteiger partial charge in [0, 0.05) is 6.21 Å². The fraction of sp³-hybridized carbons (Fsp3) is 0.174. The first-order valence-electron chi connectivity index (χ1n) is 9.08. The zero-order valence-corrected chi connectivity index (χ0v) is 15.9. The van der Waals surface area contributed by atoms with Crippen molar-refractivity contribution in [2.75, 3.05) is 0 Å². The van der Waals surface area contributed by atoms with Gasteiger partial charge in [0.05, 0.1) is 17.8 Å². The van der Waals surface area contributed by atoms with Crippen LogP contribution in [0, 0.1) is 18.3 Å². The monoisotopic (exact) mass is 371 g/mol. The molecule has 28 heavy (non-hydrogen) atoms. The number of nitrogens with zero attached hydrogens (tertiary/aromatic N) is 3. The molecular weight excluding hydrogens is 350 g/mol. The van der Waals surface area contributed by atoms with E-state index in [1.54, 1.807) is 6.92 Å². The summed E-state index contributed by atoms with van der Waals surface area (Å²) in [6.45, 7) is 3.90. The van der Waals surface area contributed by atoms with Gasteiger partial charge in [-0.25, -0.2) is 0 Å². The van der Waals surface area contributed by atoms with E-state index in [9.17, 15) is 15.2 Å². The Balaban J connectivity index is 2.07. The first-order chi connectivity index (χ1) is 13.5. The van der Waals surface area contributed by atoms with E-state index in [2.05, 4.69) is 11.9 Å². The van der Waals surface area contributed by atoms with Crippen LogP contribution in [0.25, 0.3) is 0 Å². The first-order valence-corrected chi connectivity index (χ1v) is 9.08. The largest absolute Gasteiger partial charge is 0.494 e. The second-order valence-corrected chi connectivity index (χ2v) is 6.50. The van der Waals surface area contributed by atoms with Crippen LogP contribution in [0.15, 0.2) is 64.4 Å². The average Bonchev–Trinajstić information content (AvgIpc) is 2.72. The highest BCUT2D eigenvalue weighted by atomic mass is 16.3. The van der Waals surface area contributed by atoms with Crippen LogP contribution < -0.4 is 5.56 Å². The van der Waals surface area contributed by atoms with Gasteiger partial charge in [-0.05, 0) is 42.2 Å². The molecule has 0 saturated carbocycles. The minimum absolute atomic E-state index is 0.0107. The van der Waals surface area contributed by atoms with E-state index >= 15 is 0 Å². The maximum absolute atomic E-state index is 12.7. The van der Waals surface area contributed by atoms with Gasteiger partial charge in [0.2, 0.25) is 5.88 Å². The summed E-state index contributed by atoms with van der Waals surface area (Å²) in [6, 6.07) is 19.1. The Morgan fingerprint density at radius 2 is 1.79 bits per heavy atom. The molecule has 1 aromatic heterocycles. The molecule has 3 aromatic rings. The van der Waals surface area contributed by atoms with Crippen molar-refractivity contribution < 1.29 is 5.11 Å². The fourth-order valence-electron chi connectivity index (χ4n) is 3.00. The van der Waals surface area contributed by atoms with Gasteiger partial charge in [-0.3, -0.25) is 14.4 Å². The molecule has 0 unspecified atom stereocenters. The van der Waals surface area contributed by atoms with Crippen LogP contribution in [0.1, 0.15) is 34.7 Å². The van der Waals surface area contributed by atoms with Crippen molar-refractivity contribution in [3.8, 4) is 11.9 Å². The number of aliphatic imine (C=N–C) groups is 1. The summed E-state index contributed by atoms with van der Waals surface area (Å²) in [7, 11) is 0. The molecule has 1 heterocycles. The van der Waals surface area contributed by atoms with Crippen LogP contribution in [0.4, 0.5) is 5.69 Å². The van der Waals surface area contributed by atoms with Crippen molar-refractivity contribution in [1.82, 2.24) is 4.57 Å². The second kappa shape index (κ2) is 8.36. The number of aromatic hydroxyl groups is 1. The number of rotatable bonds is 5. The Bertz CT molecular complexity index is 1110. The number of hydrogen-bond donors (Lipinski definition) is 1. The van der Waals surface area contributed by atoms with Gasteiger partial charge in [-0.2, -0.15) is 5.26 Å². The molecule has 0 bridgehead atoms. The number of pyridine rings is 1. The van der Waals surface area contributed by atoms with Gasteiger partial charge < -0.3 is 5.11 Å². The van der Waals surface area contributed by atoms with Crippen molar-refractivity contribution in [2.45, 2.75) is 26.8 Å².